The zero-order valence-electron chi connectivity index (χ0n) is 24.2. The second-order valence-electron chi connectivity index (χ2n) is 10.5. The zero-order valence-corrected chi connectivity index (χ0v) is 27.3. The number of anilines is 2. The Bertz CT molecular complexity index is 1830. The molecule has 5 rings (SSSR count). The number of halogens is 2. The molecule has 3 aromatic carbocycles. The van der Waals surface area contributed by atoms with Crippen molar-refractivity contribution in [3.05, 3.63) is 116 Å². The van der Waals surface area contributed by atoms with E-state index in [0.717, 1.165) is 29.7 Å². The number of carbonyl (C=O) groups excluding carboxylic acids is 3. The van der Waals surface area contributed by atoms with Crippen molar-refractivity contribution in [2.45, 2.75) is 31.1 Å². The van der Waals surface area contributed by atoms with E-state index in [1.165, 1.54) is 34.1 Å². The number of thiophene rings is 1. The van der Waals surface area contributed by atoms with Crippen LogP contribution in [0.1, 0.15) is 45.3 Å². The smallest absolute Gasteiger partial charge is 0.272 e. The average Bonchev–Trinajstić information content (AvgIpc) is 3.37. The first-order valence-electron chi connectivity index (χ1n) is 14.1. The Morgan fingerprint density at radius 3 is 2.60 bits per heavy atom. The number of hydrogen-bond donors (Lipinski definition) is 3. The number of nitriles is 1. The SMILES string of the molecule is CC1CCc2c(sc(NC(=O)CSc3cccc(NC(=O)/C(=C\c4cccc(Cl)c4Cl)NC(=O)c4ccccc4)c3)c2C#N)C1. The fraction of sp³-hybridized carbons (Fsp3) is 0.176. The first-order valence-corrected chi connectivity index (χ1v) is 16.7. The van der Waals surface area contributed by atoms with Crippen molar-refractivity contribution in [3.8, 4) is 6.07 Å². The van der Waals surface area contributed by atoms with Crippen LogP contribution in [0.25, 0.3) is 6.08 Å². The van der Waals surface area contributed by atoms with Gasteiger partial charge in [-0.3, -0.25) is 14.4 Å². The van der Waals surface area contributed by atoms with E-state index in [1.54, 1.807) is 66.7 Å². The quantitative estimate of drug-likeness (QED) is 0.122. The average molecular weight is 676 g/mol. The summed E-state index contributed by atoms with van der Waals surface area (Å²) < 4.78 is 0. The van der Waals surface area contributed by atoms with Gasteiger partial charge in [-0.2, -0.15) is 5.26 Å². The molecule has 45 heavy (non-hydrogen) atoms. The molecule has 0 aliphatic heterocycles. The first kappa shape index (κ1) is 32.3. The van der Waals surface area contributed by atoms with E-state index in [4.69, 9.17) is 23.2 Å². The first-order chi connectivity index (χ1) is 21.7. The second-order valence-corrected chi connectivity index (χ2v) is 13.4. The van der Waals surface area contributed by atoms with Crippen LogP contribution in [0.4, 0.5) is 10.7 Å². The van der Waals surface area contributed by atoms with Gasteiger partial charge in [-0.1, -0.05) is 66.5 Å². The molecule has 1 unspecified atom stereocenters. The Balaban J connectivity index is 1.27. The number of amides is 3. The lowest BCUT2D eigenvalue weighted by molar-refractivity contribution is -0.114. The minimum atomic E-state index is -0.574. The molecule has 0 saturated heterocycles. The molecule has 4 aromatic rings. The van der Waals surface area contributed by atoms with E-state index >= 15 is 0 Å². The lowest BCUT2D eigenvalue weighted by Crippen LogP contribution is -2.30. The van der Waals surface area contributed by atoms with Crippen LogP contribution in [0.2, 0.25) is 10.0 Å². The molecule has 1 atom stereocenters. The summed E-state index contributed by atoms with van der Waals surface area (Å²) in [6.07, 6.45) is 4.29. The summed E-state index contributed by atoms with van der Waals surface area (Å²) in [4.78, 5) is 41.2. The maximum absolute atomic E-state index is 13.5. The summed E-state index contributed by atoms with van der Waals surface area (Å²) in [6, 6.07) is 22.9. The minimum Gasteiger partial charge on any atom is -0.321 e. The molecule has 0 fully saturated rings. The monoisotopic (exact) mass is 674 g/mol. The van der Waals surface area contributed by atoms with Crippen LogP contribution in [-0.2, 0) is 22.4 Å². The fourth-order valence-corrected chi connectivity index (χ4v) is 7.36. The molecular weight excluding hydrogens is 647 g/mol. The Morgan fingerprint density at radius 1 is 1.04 bits per heavy atom. The van der Waals surface area contributed by atoms with Gasteiger partial charge in [-0.15, -0.1) is 23.1 Å². The van der Waals surface area contributed by atoms with Crippen molar-refractivity contribution in [1.82, 2.24) is 5.32 Å². The van der Waals surface area contributed by atoms with Gasteiger partial charge in [0.15, 0.2) is 0 Å². The summed E-state index contributed by atoms with van der Waals surface area (Å²) in [5.74, 6) is -0.575. The number of thioether (sulfide) groups is 1. The highest BCUT2D eigenvalue weighted by molar-refractivity contribution is 8.00. The van der Waals surface area contributed by atoms with Gasteiger partial charge in [0.05, 0.1) is 21.4 Å². The molecule has 228 valence electrons. The molecular formula is C34H28Cl2N4O3S2. The fourth-order valence-electron chi connectivity index (χ4n) is 4.86. The van der Waals surface area contributed by atoms with Gasteiger partial charge in [0.2, 0.25) is 5.91 Å². The highest BCUT2D eigenvalue weighted by Gasteiger charge is 2.25. The molecule has 3 amide bonds. The molecule has 1 heterocycles. The van der Waals surface area contributed by atoms with Crippen molar-refractivity contribution in [2.75, 3.05) is 16.4 Å². The van der Waals surface area contributed by atoms with Gasteiger partial charge in [0.1, 0.15) is 16.8 Å². The van der Waals surface area contributed by atoms with Gasteiger partial charge < -0.3 is 16.0 Å². The maximum Gasteiger partial charge on any atom is 0.272 e. The topological polar surface area (TPSA) is 111 Å². The predicted octanol–water partition coefficient (Wildman–Crippen LogP) is 8.19. The third-order valence-electron chi connectivity index (χ3n) is 7.15. The molecule has 11 heteroatoms. The standard InChI is InChI=1S/C34H28Cl2N4O3S2/c1-20-13-14-25-26(18-37)34(45-29(25)15-20)40-30(41)19-44-24-11-6-10-23(17-24)38-33(43)28(16-22-9-5-12-27(35)31(22)36)39-32(42)21-7-3-2-4-8-21/h2-12,16-17,20H,13-15,19H2,1H3,(H,38,43)(H,39,42)(H,40,41)/b28-16+. The summed E-state index contributed by atoms with van der Waals surface area (Å²) >= 11 is 15.3. The Morgan fingerprint density at radius 2 is 1.82 bits per heavy atom. The lowest BCUT2D eigenvalue weighted by Gasteiger charge is -2.17. The van der Waals surface area contributed by atoms with Gasteiger partial charge in [0, 0.05) is 21.0 Å². The Labute approximate surface area is 279 Å². The van der Waals surface area contributed by atoms with Crippen molar-refractivity contribution >= 4 is 80.8 Å². The lowest BCUT2D eigenvalue weighted by atomic mass is 9.89. The highest BCUT2D eigenvalue weighted by atomic mass is 35.5. The zero-order chi connectivity index (χ0) is 31.9. The summed E-state index contributed by atoms with van der Waals surface area (Å²) in [5, 5.41) is 19.3. The largest absolute Gasteiger partial charge is 0.321 e. The van der Waals surface area contributed by atoms with Crippen molar-refractivity contribution < 1.29 is 14.4 Å². The normalized spacial score (nSPS) is 14.2. The molecule has 1 aliphatic carbocycles. The molecule has 0 spiro atoms. The minimum absolute atomic E-state index is 0.0354. The maximum atomic E-state index is 13.5. The van der Waals surface area contributed by atoms with Gasteiger partial charge >= 0.3 is 0 Å². The molecule has 1 aromatic heterocycles. The second kappa shape index (κ2) is 14.8. The number of hydrogen-bond acceptors (Lipinski definition) is 6. The summed E-state index contributed by atoms with van der Waals surface area (Å²) in [6.45, 7) is 2.20. The van der Waals surface area contributed by atoms with E-state index in [9.17, 15) is 19.6 Å². The third-order valence-corrected chi connectivity index (χ3v) is 10.1. The van der Waals surface area contributed by atoms with Crippen molar-refractivity contribution in [2.24, 2.45) is 5.92 Å². The van der Waals surface area contributed by atoms with E-state index in [-0.39, 0.29) is 22.4 Å². The number of rotatable bonds is 9. The van der Waals surface area contributed by atoms with Crippen molar-refractivity contribution in [3.63, 3.8) is 0 Å². The van der Waals surface area contributed by atoms with Crippen LogP contribution in [0.5, 0.6) is 0 Å². The molecule has 0 radical (unpaired) electrons. The van der Waals surface area contributed by atoms with Crippen LogP contribution >= 0.6 is 46.3 Å². The van der Waals surface area contributed by atoms with E-state index in [0.29, 0.717) is 38.3 Å². The van der Waals surface area contributed by atoms with Crippen LogP contribution in [0.3, 0.4) is 0 Å². The predicted molar refractivity (Wildman–Crippen MR) is 183 cm³/mol. The van der Waals surface area contributed by atoms with Crippen LogP contribution < -0.4 is 16.0 Å². The van der Waals surface area contributed by atoms with Crippen LogP contribution in [-0.4, -0.2) is 23.5 Å². The van der Waals surface area contributed by atoms with Gasteiger partial charge in [-0.25, -0.2) is 0 Å². The number of nitrogens with one attached hydrogen (secondary N) is 3. The van der Waals surface area contributed by atoms with Gasteiger partial charge in [-0.05, 0) is 78.8 Å². The van der Waals surface area contributed by atoms with Crippen molar-refractivity contribution in [1.29, 1.82) is 5.26 Å². The highest BCUT2D eigenvalue weighted by Crippen LogP contribution is 2.39. The Kier molecular flexibility index (Phi) is 10.6. The molecule has 3 N–H and O–H groups in total. The molecule has 0 saturated carbocycles. The van der Waals surface area contributed by atoms with E-state index in [1.807, 2.05) is 6.07 Å². The number of fused-ring (bicyclic) bond motifs is 1. The molecule has 1 aliphatic rings. The summed E-state index contributed by atoms with van der Waals surface area (Å²) in [5.41, 5.74) is 2.91. The summed E-state index contributed by atoms with van der Waals surface area (Å²) in [7, 11) is 0. The number of nitrogens with zero attached hydrogens (tertiary/aromatic N) is 1. The Hall–Kier alpha value is -4.07. The molecule has 0 bridgehead atoms. The van der Waals surface area contributed by atoms with E-state index in [2.05, 4.69) is 28.9 Å². The van der Waals surface area contributed by atoms with E-state index < -0.39 is 11.8 Å². The number of benzene rings is 3. The molecule has 7 nitrogen and oxygen atoms in total. The van der Waals surface area contributed by atoms with Crippen LogP contribution in [0, 0.1) is 17.2 Å². The van der Waals surface area contributed by atoms with Gasteiger partial charge in [0.25, 0.3) is 11.8 Å². The van der Waals surface area contributed by atoms with Crippen LogP contribution in [0.15, 0.2) is 83.4 Å². The number of carbonyl (C=O) groups is 3. The third kappa shape index (κ3) is 8.16.